The second-order valence-electron chi connectivity index (χ2n) is 4.96. The lowest BCUT2D eigenvalue weighted by Crippen LogP contribution is -2.58. The molecule has 1 N–H and O–H groups in total. The number of aliphatic hydroxyl groups is 1. The highest BCUT2D eigenvalue weighted by molar-refractivity contribution is 5.08. The Morgan fingerprint density at radius 2 is 2.12 bits per heavy atom. The molecule has 3 aliphatic rings. The van der Waals surface area contributed by atoms with Crippen LogP contribution in [0.2, 0.25) is 0 Å². The van der Waals surface area contributed by atoms with Crippen molar-refractivity contribution in [3.8, 4) is 0 Å². The summed E-state index contributed by atoms with van der Waals surface area (Å²) in [4.78, 5) is 6.78. The Hall–Kier alpha value is -0.930. The highest BCUT2D eigenvalue weighted by Gasteiger charge is 2.40. The van der Waals surface area contributed by atoms with E-state index in [1.807, 2.05) is 18.3 Å². The smallest absolute Gasteiger partial charge is 0.0728 e. The van der Waals surface area contributed by atoms with Crippen LogP contribution in [0.1, 0.15) is 18.5 Å². The molecule has 3 fully saturated rings. The van der Waals surface area contributed by atoms with Crippen LogP contribution < -0.4 is 0 Å². The quantitative estimate of drug-likeness (QED) is 0.807. The molecule has 16 heavy (non-hydrogen) atoms. The number of rotatable bonds is 2. The van der Waals surface area contributed by atoms with Crippen LogP contribution in [0.25, 0.3) is 0 Å². The van der Waals surface area contributed by atoms with E-state index in [1.54, 1.807) is 0 Å². The van der Waals surface area contributed by atoms with E-state index in [1.165, 1.54) is 12.8 Å². The lowest BCUT2D eigenvalue weighted by atomic mass is 9.79. The highest BCUT2D eigenvalue weighted by Crippen LogP contribution is 2.33. The molecule has 3 saturated heterocycles. The maximum absolute atomic E-state index is 10.3. The number of aromatic nitrogens is 1. The third-order valence-electron chi connectivity index (χ3n) is 4.06. The van der Waals surface area contributed by atoms with Crippen molar-refractivity contribution in [2.75, 3.05) is 13.1 Å². The number of nitrogens with zero attached hydrogens (tertiary/aromatic N) is 2. The van der Waals surface area contributed by atoms with Crippen LogP contribution in [0.15, 0.2) is 24.4 Å². The largest absolute Gasteiger partial charge is 0.391 e. The first kappa shape index (κ1) is 10.2. The van der Waals surface area contributed by atoms with Gasteiger partial charge in [0.15, 0.2) is 0 Å². The second kappa shape index (κ2) is 4.15. The lowest BCUT2D eigenvalue weighted by Gasteiger charge is -2.48. The molecule has 0 spiro atoms. The zero-order valence-corrected chi connectivity index (χ0v) is 9.42. The second-order valence-corrected chi connectivity index (χ2v) is 4.96. The molecule has 0 aliphatic carbocycles. The summed E-state index contributed by atoms with van der Waals surface area (Å²) < 4.78 is 0. The average molecular weight is 218 g/mol. The van der Waals surface area contributed by atoms with Gasteiger partial charge in [0.05, 0.1) is 6.10 Å². The molecular weight excluding hydrogens is 200 g/mol. The molecule has 0 radical (unpaired) electrons. The fourth-order valence-electron chi connectivity index (χ4n) is 3.11. The van der Waals surface area contributed by atoms with E-state index in [-0.39, 0.29) is 6.10 Å². The maximum atomic E-state index is 10.3. The normalized spacial score (nSPS) is 37.6. The van der Waals surface area contributed by atoms with E-state index >= 15 is 0 Å². The van der Waals surface area contributed by atoms with Gasteiger partial charge >= 0.3 is 0 Å². The number of fused-ring (bicyclic) bond motifs is 3. The molecule has 3 aliphatic heterocycles. The first-order chi connectivity index (χ1) is 7.84. The number of hydrogen-bond donors (Lipinski definition) is 1. The van der Waals surface area contributed by atoms with Crippen LogP contribution in [0, 0.1) is 5.92 Å². The fraction of sp³-hybridized carbons (Fsp3) is 0.615. The molecule has 0 amide bonds. The summed E-state index contributed by atoms with van der Waals surface area (Å²) in [6.45, 7) is 2.30. The van der Waals surface area contributed by atoms with Crippen LogP contribution >= 0.6 is 0 Å². The summed E-state index contributed by atoms with van der Waals surface area (Å²) in [7, 11) is 0. The van der Waals surface area contributed by atoms with Crippen LogP contribution in [-0.4, -0.2) is 40.2 Å². The van der Waals surface area contributed by atoms with E-state index in [0.29, 0.717) is 12.0 Å². The van der Waals surface area contributed by atoms with Gasteiger partial charge in [0.25, 0.3) is 0 Å². The minimum Gasteiger partial charge on any atom is -0.391 e. The van der Waals surface area contributed by atoms with E-state index in [0.717, 1.165) is 25.2 Å². The van der Waals surface area contributed by atoms with Gasteiger partial charge in [0.2, 0.25) is 0 Å². The lowest BCUT2D eigenvalue weighted by molar-refractivity contribution is -0.0718. The molecule has 0 saturated carbocycles. The molecule has 2 atom stereocenters. The fourth-order valence-corrected chi connectivity index (χ4v) is 3.11. The number of pyridine rings is 1. The molecule has 3 nitrogen and oxygen atoms in total. The van der Waals surface area contributed by atoms with E-state index in [2.05, 4.69) is 16.0 Å². The van der Waals surface area contributed by atoms with Crippen molar-refractivity contribution in [1.29, 1.82) is 0 Å². The first-order valence-electron chi connectivity index (χ1n) is 6.16. The number of piperidine rings is 3. The van der Waals surface area contributed by atoms with Crippen molar-refractivity contribution in [2.24, 2.45) is 5.92 Å². The minimum absolute atomic E-state index is 0.149. The zero-order valence-electron chi connectivity index (χ0n) is 9.42. The Balaban J connectivity index is 1.75. The van der Waals surface area contributed by atoms with Gasteiger partial charge in [-0.25, -0.2) is 0 Å². The molecule has 0 aromatic carbocycles. The summed E-state index contributed by atoms with van der Waals surface area (Å²) in [6.07, 6.45) is 4.90. The Morgan fingerprint density at radius 3 is 2.75 bits per heavy atom. The Labute approximate surface area is 96.1 Å². The third kappa shape index (κ3) is 1.74. The summed E-state index contributed by atoms with van der Waals surface area (Å²) in [5.41, 5.74) is 1.10. The van der Waals surface area contributed by atoms with E-state index < -0.39 is 0 Å². The average Bonchev–Trinajstić information content (AvgIpc) is 2.36. The third-order valence-corrected chi connectivity index (χ3v) is 4.06. The van der Waals surface area contributed by atoms with E-state index in [9.17, 15) is 5.11 Å². The Bertz CT molecular complexity index is 344. The van der Waals surface area contributed by atoms with Crippen LogP contribution in [-0.2, 0) is 6.42 Å². The predicted octanol–water partition coefficient (Wildman–Crippen LogP) is 1.08. The van der Waals surface area contributed by atoms with Crippen molar-refractivity contribution in [1.82, 2.24) is 9.88 Å². The maximum Gasteiger partial charge on any atom is 0.0728 e. The molecule has 3 heteroatoms. The van der Waals surface area contributed by atoms with Gasteiger partial charge in [0, 0.05) is 24.4 Å². The van der Waals surface area contributed by atoms with Crippen molar-refractivity contribution in [3.05, 3.63) is 30.1 Å². The molecule has 1 aromatic heterocycles. The molecule has 4 heterocycles. The predicted molar refractivity (Wildman–Crippen MR) is 62.0 cm³/mol. The van der Waals surface area contributed by atoms with Crippen LogP contribution in [0.5, 0.6) is 0 Å². The highest BCUT2D eigenvalue weighted by atomic mass is 16.3. The van der Waals surface area contributed by atoms with Crippen molar-refractivity contribution in [3.63, 3.8) is 0 Å². The van der Waals surface area contributed by atoms with Gasteiger partial charge in [-0.1, -0.05) is 6.07 Å². The number of hydrogen-bond acceptors (Lipinski definition) is 3. The topological polar surface area (TPSA) is 36.4 Å². The summed E-state index contributed by atoms with van der Waals surface area (Å²) in [5, 5.41) is 10.3. The van der Waals surface area contributed by atoms with Crippen molar-refractivity contribution in [2.45, 2.75) is 31.4 Å². The Kier molecular flexibility index (Phi) is 2.65. The summed E-state index contributed by atoms with van der Waals surface area (Å²) >= 11 is 0. The van der Waals surface area contributed by atoms with Crippen molar-refractivity contribution >= 4 is 0 Å². The van der Waals surface area contributed by atoms with E-state index in [4.69, 9.17) is 0 Å². The Morgan fingerprint density at radius 1 is 1.31 bits per heavy atom. The van der Waals surface area contributed by atoms with Gasteiger partial charge in [-0.3, -0.25) is 9.88 Å². The van der Waals surface area contributed by atoms with Crippen molar-refractivity contribution < 1.29 is 5.11 Å². The van der Waals surface area contributed by atoms with Crippen LogP contribution in [0.3, 0.4) is 0 Å². The van der Waals surface area contributed by atoms with Gasteiger partial charge in [-0.15, -0.1) is 0 Å². The molecular formula is C13H18N2O. The number of aliphatic hydroxyl groups excluding tert-OH is 1. The standard InChI is InChI=1S/C13H18N2O/c16-13-10-4-7-15(8-5-10)12(13)9-11-3-1-2-6-14-11/h1-3,6,10,12-13,16H,4-5,7-9H2. The minimum atomic E-state index is -0.149. The zero-order chi connectivity index (χ0) is 11.0. The first-order valence-corrected chi connectivity index (χ1v) is 6.16. The molecule has 86 valence electrons. The van der Waals surface area contributed by atoms with Gasteiger partial charge in [0.1, 0.15) is 0 Å². The summed E-state index contributed by atoms with van der Waals surface area (Å²) in [6, 6.07) is 6.30. The molecule has 4 rings (SSSR count). The summed E-state index contributed by atoms with van der Waals surface area (Å²) in [5.74, 6) is 0.527. The van der Waals surface area contributed by atoms with Gasteiger partial charge in [-0.2, -0.15) is 0 Å². The molecule has 2 bridgehead atoms. The van der Waals surface area contributed by atoms with Gasteiger partial charge in [-0.05, 0) is 44.0 Å². The SMILES string of the molecule is OC1C2CCN(CC2)C1Cc1ccccn1. The molecule has 1 aromatic rings. The monoisotopic (exact) mass is 218 g/mol. The van der Waals surface area contributed by atoms with Gasteiger partial charge < -0.3 is 5.11 Å². The van der Waals surface area contributed by atoms with Crippen LogP contribution in [0.4, 0.5) is 0 Å². The molecule has 2 unspecified atom stereocenters.